The van der Waals surface area contributed by atoms with E-state index < -0.39 is 0 Å². The number of nitrogens with zero attached hydrogens (tertiary/aromatic N) is 2. The number of fused-ring (bicyclic) bond motifs is 1. The first-order valence-electron chi connectivity index (χ1n) is 8.98. The number of likely N-dealkylation sites (tertiary alicyclic amines) is 2. The zero-order valence-electron chi connectivity index (χ0n) is 14.5. The Morgan fingerprint density at radius 1 is 0.846 bits per heavy atom. The van der Waals surface area contributed by atoms with Gasteiger partial charge in [-0.15, -0.1) is 0 Å². The van der Waals surface area contributed by atoms with Crippen LogP contribution in [0.3, 0.4) is 0 Å². The lowest BCUT2D eigenvalue weighted by Gasteiger charge is -2.20. The van der Waals surface area contributed by atoms with E-state index in [1.54, 1.807) is 0 Å². The van der Waals surface area contributed by atoms with Gasteiger partial charge in [-0.25, -0.2) is 0 Å². The van der Waals surface area contributed by atoms with Crippen LogP contribution in [0, 0.1) is 11.8 Å². The number of amides is 2. The molecule has 134 valence electrons. The second-order valence-electron chi connectivity index (χ2n) is 7.10. The predicted octanol–water partition coefficient (Wildman–Crippen LogP) is 3.11. The lowest BCUT2D eigenvalue weighted by molar-refractivity contribution is -0.140. The minimum atomic E-state index is -0.172. The number of imide groups is 1. The Kier molecular flexibility index (Phi) is 4.92. The molecule has 0 unspecified atom stereocenters. The maximum atomic E-state index is 12.7. The standard InChI is InChI=1S/C21H21BrN2O2/c22-17-8-6-16(7-9-17)12-23-13-18-19(14-23)21(26)24(20(18)25)11-10-15-4-2-1-3-5-15/h1-9,18-19H,10-14H2/t18-,19+. The average Bonchev–Trinajstić information content (AvgIpc) is 3.16. The van der Waals surface area contributed by atoms with Crippen LogP contribution in [0.1, 0.15) is 11.1 Å². The molecule has 0 aromatic heterocycles. The van der Waals surface area contributed by atoms with E-state index in [4.69, 9.17) is 0 Å². The highest BCUT2D eigenvalue weighted by molar-refractivity contribution is 9.10. The van der Waals surface area contributed by atoms with Gasteiger partial charge in [-0.3, -0.25) is 19.4 Å². The van der Waals surface area contributed by atoms with Crippen molar-refractivity contribution in [3.05, 3.63) is 70.2 Å². The van der Waals surface area contributed by atoms with Crippen molar-refractivity contribution in [2.24, 2.45) is 11.8 Å². The monoisotopic (exact) mass is 412 g/mol. The average molecular weight is 413 g/mol. The van der Waals surface area contributed by atoms with Gasteiger partial charge >= 0.3 is 0 Å². The summed E-state index contributed by atoms with van der Waals surface area (Å²) in [7, 11) is 0. The fourth-order valence-electron chi connectivity index (χ4n) is 3.98. The molecule has 5 heteroatoms. The number of rotatable bonds is 5. The van der Waals surface area contributed by atoms with Crippen molar-refractivity contribution >= 4 is 27.7 Å². The molecule has 2 aromatic rings. The summed E-state index contributed by atoms with van der Waals surface area (Å²) in [4.78, 5) is 29.2. The number of benzene rings is 2. The highest BCUT2D eigenvalue weighted by Crippen LogP contribution is 2.34. The second kappa shape index (κ2) is 7.33. The van der Waals surface area contributed by atoms with Gasteiger partial charge in [-0.05, 0) is 29.7 Å². The zero-order chi connectivity index (χ0) is 18.1. The Bertz CT molecular complexity index is 783. The number of carbonyl (C=O) groups excluding carboxylic acids is 2. The van der Waals surface area contributed by atoms with Crippen LogP contribution in [-0.4, -0.2) is 41.2 Å². The SMILES string of the molecule is O=C1[C@H]2CN(Cc3ccc(Br)cc3)C[C@H]2C(=O)N1CCc1ccccc1. The Morgan fingerprint density at radius 3 is 2.08 bits per heavy atom. The molecule has 2 atom stereocenters. The van der Waals surface area contributed by atoms with Crippen molar-refractivity contribution in [1.29, 1.82) is 0 Å². The molecule has 0 bridgehead atoms. The van der Waals surface area contributed by atoms with E-state index in [1.165, 1.54) is 10.5 Å². The van der Waals surface area contributed by atoms with Crippen LogP contribution in [0.15, 0.2) is 59.1 Å². The smallest absolute Gasteiger partial charge is 0.234 e. The third-order valence-corrected chi connectivity index (χ3v) is 5.88. The number of halogens is 1. The molecule has 0 aliphatic carbocycles. The van der Waals surface area contributed by atoms with Gasteiger partial charge in [0.05, 0.1) is 11.8 Å². The lowest BCUT2D eigenvalue weighted by Crippen LogP contribution is -2.37. The molecule has 4 nitrogen and oxygen atoms in total. The summed E-state index contributed by atoms with van der Waals surface area (Å²) >= 11 is 3.44. The van der Waals surface area contributed by atoms with Crippen LogP contribution in [-0.2, 0) is 22.6 Å². The maximum Gasteiger partial charge on any atom is 0.234 e. The van der Waals surface area contributed by atoms with E-state index in [2.05, 4.69) is 33.0 Å². The van der Waals surface area contributed by atoms with E-state index in [9.17, 15) is 9.59 Å². The van der Waals surface area contributed by atoms with Crippen molar-refractivity contribution in [3.63, 3.8) is 0 Å². The van der Waals surface area contributed by atoms with Gasteiger partial charge in [0.1, 0.15) is 0 Å². The molecule has 0 radical (unpaired) electrons. The summed E-state index contributed by atoms with van der Waals surface area (Å²) < 4.78 is 1.05. The van der Waals surface area contributed by atoms with E-state index in [1.807, 2.05) is 42.5 Å². The van der Waals surface area contributed by atoms with Gasteiger partial charge in [0.25, 0.3) is 0 Å². The summed E-state index contributed by atoms with van der Waals surface area (Å²) in [6, 6.07) is 18.2. The van der Waals surface area contributed by atoms with Gasteiger partial charge in [-0.1, -0.05) is 58.4 Å². The van der Waals surface area contributed by atoms with E-state index in [-0.39, 0.29) is 23.7 Å². The Labute approximate surface area is 161 Å². The van der Waals surface area contributed by atoms with Gasteiger partial charge in [0.15, 0.2) is 0 Å². The molecule has 26 heavy (non-hydrogen) atoms. The predicted molar refractivity (Wildman–Crippen MR) is 103 cm³/mol. The highest BCUT2D eigenvalue weighted by Gasteiger charge is 2.51. The van der Waals surface area contributed by atoms with Gasteiger partial charge in [0, 0.05) is 30.7 Å². The quantitative estimate of drug-likeness (QED) is 0.708. The molecule has 0 spiro atoms. The maximum absolute atomic E-state index is 12.7. The Morgan fingerprint density at radius 2 is 1.46 bits per heavy atom. The third kappa shape index (κ3) is 3.46. The number of carbonyl (C=O) groups is 2. The van der Waals surface area contributed by atoms with Crippen molar-refractivity contribution in [2.75, 3.05) is 19.6 Å². The van der Waals surface area contributed by atoms with Crippen LogP contribution >= 0.6 is 15.9 Å². The van der Waals surface area contributed by atoms with Gasteiger partial charge in [0.2, 0.25) is 11.8 Å². The van der Waals surface area contributed by atoms with E-state index in [0.29, 0.717) is 19.6 Å². The van der Waals surface area contributed by atoms with Gasteiger partial charge < -0.3 is 0 Å². The van der Waals surface area contributed by atoms with E-state index in [0.717, 1.165) is 23.0 Å². The number of hydrogen-bond donors (Lipinski definition) is 0. The molecule has 4 rings (SSSR count). The fraction of sp³-hybridized carbons (Fsp3) is 0.333. The molecule has 0 N–H and O–H groups in total. The van der Waals surface area contributed by atoms with Gasteiger partial charge in [-0.2, -0.15) is 0 Å². The van der Waals surface area contributed by atoms with E-state index >= 15 is 0 Å². The topological polar surface area (TPSA) is 40.6 Å². The van der Waals surface area contributed by atoms with Crippen molar-refractivity contribution in [1.82, 2.24) is 9.80 Å². The first kappa shape index (κ1) is 17.4. The van der Waals surface area contributed by atoms with Crippen LogP contribution in [0.25, 0.3) is 0 Å². The molecule has 2 aliphatic heterocycles. The minimum absolute atomic E-state index is 0.00855. The lowest BCUT2D eigenvalue weighted by atomic mass is 10.00. The van der Waals surface area contributed by atoms with Crippen LogP contribution in [0.2, 0.25) is 0 Å². The third-order valence-electron chi connectivity index (χ3n) is 5.35. The van der Waals surface area contributed by atoms with Crippen molar-refractivity contribution in [2.45, 2.75) is 13.0 Å². The Hall–Kier alpha value is -1.98. The second-order valence-corrected chi connectivity index (χ2v) is 8.01. The van der Waals surface area contributed by atoms with Crippen LogP contribution in [0.5, 0.6) is 0 Å². The summed E-state index contributed by atoms with van der Waals surface area (Å²) in [6.45, 7) is 2.62. The van der Waals surface area contributed by atoms with Crippen molar-refractivity contribution < 1.29 is 9.59 Å². The normalized spacial score (nSPS) is 22.9. The number of hydrogen-bond acceptors (Lipinski definition) is 3. The first-order chi connectivity index (χ1) is 12.6. The summed E-state index contributed by atoms with van der Waals surface area (Å²) in [5, 5.41) is 0. The molecule has 2 fully saturated rings. The van der Waals surface area contributed by atoms with Crippen LogP contribution < -0.4 is 0 Å². The molecule has 0 saturated carbocycles. The largest absolute Gasteiger partial charge is 0.297 e. The molecule has 2 saturated heterocycles. The summed E-state index contributed by atoms with van der Waals surface area (Å²) in [5.41, 5.74) is 2.36. The zero-order valence-corrected chi connectivity index (χ0v) is 16.1. The van der Waals surface area contributed by atoms with Crippen molar-refractivity contribution in [3.8, 4) is 0 Å². The summed E-state index contributed by atoms with van der Waals surface area (Å²) in [6.07, 6.45) is 0.723. The molecular weight excluding hydrogens is 392 g/mol. The molecule has 2 aromatic carbocycles. The minimum Gasteiger partial charge on any atom is -0.297 e. The highest BCUT2D eigenvalue weighted by atomic mass is 79.9. The Balaban J connectivity index is 1.37. The molecule has 2 heterocycles. The first-order valence-corrected chi connectivity index (χ1v) is 9.77. The molecule has 2 aliphatic rings. The summed E-state index contributed by atoms with van der Waals surface area (Å²) in [5.74, 6) is -0.328. The molecule has 2 amide bonds. The van der Waals surface area contributed by atoms with Crippen LogP contribution in [0.4, 0.5) is 0 Å². The fourth-order valence-corrected chi connectivity index (χ4v) is 4.24. The molecular formula is C21H21BrN2O2.